The lowest BCUT2D eigenvalue weighted by molar-refractivity contribution is 0.457. The molecule has 0 fully saturated rings. The molecule has 2 aromatic rings. The number of hydrogen-bond donors (Lipinski definition) is 1. The minimum absolute atomic E-state index is 0.592. The van der Waals surface area contributed by atoms with E-state index in [2.05, 4.69) is 29.1 Å². The molecule has 4 heteroatoms. The highest BCUT2D eigenvalue weighted by atomic mass is 16.5. The monoisotopic (exact) mass is 257 g/mol. The molecule has 0 spiro atoms. The van der Waals surface area contributed by atoms with E-state index < -0.39 is 0 Å². The van der Waals surface area contributed by atoms with E-state index in [-0.39, 0.29) is 0 Å². The maximum absolute atomic E-state index is 5.84. The predicted octanol–water partition coefficient (Wildman–Crippen LogP) is 3.63. The average Bonchev–Trinajstić information content (AvgIpc) is 2.39. The Balaban J connectivity index is 2.27. The molecule has 0 atom stereocenters. The summed E-state index contributed by atoms with van der Waals surface area (Å²) in [5, 5.41) is 3.19. The second-order valence-electron chi connectivity index (χ2n) is 4.53. The van der Waals surface area contributed by atoms with Crippen molar-refractivity contribution in [1.82, 2.24) is 9.97 Å². The van der Waals surface area contributed by atoms with Crippen LogP contribution in [0.25, 0.3) is 0 Å². The molecule has 0 aliphatic carbocycles. The van der Waals surface area contributed by atoms with Gasteiger partial charge in [0.1, 0.15) is 17.9 Å². The van der Waals surface area contributed by atoms with Crippen LogP contribution in [0.3, 0.4) is 0 Å². The van der Waals surface area contributed by atoms with Crippen molar-refractivity contribution in [2.75, 3.05) is 11.9 Å². The second kappa shape index (κ2) is 5.69. The zero-order valence-corrected chi connectivity index (χ0v) is 11.8. The number of nitrogens with one attached hydrogen (secondary N) is 1. The molecule has 0 amide bonds. The minimum Gasteiger partial charge on any atom is -0.439 e. The number of rotatable bonds is 4. The highest BCUT2D eigenvalue weighted by Gasteiger charge is 2.08. The van der Waals surface area contributed by atoms with Crippen molar-refractivity contribution in [2.24, 2.45) is 0 Å². The quantitative estimate of drug-likeness (QED) is 0.908. The van der Waals surface area contributed by atoms with E-state index in [1.807, 2.05) is 32.0 Å². The van der Waals surface area contributed by atoms with Gasteiger partial charge >= 0.3 is 0 Å². The van der Waals surface area contributed by atoms with Gasteiger partial charge in [0, 0.05) is 6.54 Å². The third-order valence-electron chi connectivity index (χ3n) is 3.07. The number of nitrogens with zero attached hydrogens (tertiary/aromatic N) is 2. The summed E-state index contributed by atoms with van der Waals surface area (Å²) in [4.78, 5) is 8.39. The topological polar surface area (TPSA) is 47.0 Å². The molecule has 0 saturated carbocycles. The van der Waals surface area contributed by atoms with Crippen molar-refractivity contribution in [3.63, 3.8) is 0 Å². The molecular formula is C15H19N3O. The third kappa shape index (κ3) is 3.02. The first-order valence-electron chi connectivity index (χ1n) is 6.42. The van der Waals surface area contributed by atoms with Crippen molar-refractivity contribution < 1.29 is 4.74 Å². The minimum atomic E-state index is 0.592. The van der Waals surface area contributed by atoms with Crippen molar-refractivity contribution in [1.29, 1.82) is 0 Å². The van der Waals surface area contributed by atoms with Crippen LogP contribution in [0.15, 0.2) is 24.5 Å². The smallest absolute Gasteiger partial charge is 0.227 e. The van der Waals surface area contributed by atoms with Gasteiger partial charge in [-0.15, -0.1) is 0 Å². The van der Waals surface area contributed by atoms with E-state index in [4.69, 9.17) is 4.74 Å². The summed E-state index contributed by atoms with van der Waals surface area (Å²) in [6, 6.07) is 6.02. The number of anilines is 1. The van der Waals surface area contributed by atoms with Crippen molar-refractivity contribution in [2.45, 2.75) is 27.7 Å². The Morgan fingerprint density at radius 2 is 1.89 bits per heavy atom. The molecule has 0 bridgehead atoms. The summed E-state index contributed by atoms with van der Waals surface area (Å²) in [6.07, 6.45) is 1.52. The fraction of sp³-hybridized carbons (Fsp3) is 0.333. The molecule has 4 nitrogen and oxygen atoms in total. The van der Waals surface area contributed by atoms with Crippen LogP contribution in [0.4, 0.5) is 5.82 Å². The van der Waals surface area contributed by atoms with Gasteiger partial charge in [0.2, 0.25) is 5.88 Å². The fourth-order valence-electron chi connectivity index (χ4n) is 1.77. The summed E-state index contributed by atoms with van der Waals surface area (Å²) in [6.45, 7) is 8.96. The molecule has 1 aromatic heterocycles. The van der Waals surface area contributed by atoms with Crippen LogP contribution in [0.5, 0.6) is 11.6 Å². The largest absolute Gasteiger partial charge is 0.439 e. The Bertz CT molecular complexity index is 582. The summed E-state index contributed by atoms with van der Waals surface area (Å²) >= 11 is 0. The fourth-order valence-corrected chi connectivity index (χ4v) is 1.77. The molecule has 0 aliphatic heterocycles. The van der Waals surface area contributed by atoms with E-state index in [1.54, 1.807) is 0 Å². The van der Waals surface area contributed by atoms with E-state index >= 15 is 0 Å². The standard InChI is InChI=1S/C15H19N3O/c1-5-16-14-12(4)15(18-9-17-14)19-13-7-6-10(2)11(3)8-13/h6-9H,5H2,1-4H3,(H,16,17,18). The van der Waals surface area contributed by atoms with Gasteiger partial charge in [-0.1, -0.05) is 6.07 Å². The van der Waals surface area contributed by atoms with Crippen molar-refractivity contribution >= 4 is 5.82 Å². The zero-order chi connectivity index (χ0) is 13.8. The van der Waals surface area contributed by atoms with Gasteiger partial charge in [-0.2, -0.15) is 0 Å². The van der Waals surface area contributed by atoms with E-state index in [0.29, 0.717) is 5.88 Å². The normalized spacial score (nSPS) is 10.3. The molecule has 19 heavy (non-hydrogen) atoms. The lowest BCUT2D eigenvalue weighted by Gasteiger charge is -2.11. The van der Waals surface area contributed by atoms with Crippen LogP contribution in [0.2, 0.25) is 0 Å². The first kappa shape index (κ1) is 13.3. The van der Waals surface area contributed by atoms with Crippen LogP contribution < -0.4 is 10.1 Å². The second-order valence-corrected chi connectivity index (χ2v) is 4.53. The lowest BCUT2D eigenvalue weighted by atomic mass is 10.1. The van der Waals surface area contributed by atoms with Crippen LogP contribution in [-0.2, 0) is 0 Å². The van der Waals surface area contributed by atoms with Gasteiger partial charge in [-0.3, -0.25) is 0 Å². The first-order valence-corrected chi connectivity index (χ1v) is 6.42. The van der Waals surface area contributed by atoms with Gasteiger partial charge in [0.05, 0.1) is 5.56 Å². The molecule has 0 aliphatic rings. The Morgan fingerprint density at radius 1 is 1.11 bits per heavy atom. The highest BCUT2D eigenvalue weighted by molar-refractivity contribution is 5.48. The van der Waals surface area contributed by atoms with E-state index in [9.17, 15) is 0 Å². The maximum Gasteiger partial charge on any atom is 0.227 e. The number of ether oxygens (including phenoxy) is 1. The Hall–Kier alpha value is -2.10. The SMILES string of the molecule is CCNc1ncnc(Oc2ccc(C)c(C)c2)c1C. The molecule has 2 rings (SSSR count). The van der Waals surface area contributed by atoms with Crippen molar-refractivity contribution in [3.8, 4) is 11.6 Å². The van der Waals surface area contributed by atoms with Gasteiger partial charge in [-0.25, -0.2) is 9.97 Å². The molecule has 1 heterocycles. The molecule has 0 unspecified atom stereocenters. The summed E-state index contributed by atoms with van der Waals surface area (Å²) in [5.74, 6) is 2.21. The Labute approximate surface area is 113 Å². The van der Waals surface area contributed by atoms with Crippen LogP contribution >= 0.6 is 0 Å². The predicted molar refractivity (Wildman–Crippen MR) is 76.9 cm³/mol. The highest BCUT2D eigenvalue weighted by Crippen LogP contribution is 2.27. The molecule has 0 saturated heterocycles. The van der Waals surface area contributed by atoms with Crippen LogP contribution in [0, 0.1) is 20.8 Å². The average molecular weight is 257 g/mol. The summed E-state index contributed by atoms with van der Waals surface area (Å²) < 4.78 is 5.84. The van der Waals surface area contributed by atoms with E-state index in [0.717, 1.165) is 23.7 Å². The van der Waals surface area contributed by atoms with Gasteiger partial charge in [0.25, 0.3) is 0 Å². The number of aryl methyl sites for hydroxylation is 2. The first-order chi connectivity index (χ1) is 9.11. The Morgan fingerprint density at radius 3 is 2.58 bits per heavy atom. The Kier molecular flexibility index (Phi) is 4.00. The zero-order valence-electron chi connectivity index (χ0n) is 11.8. The number of benzene rings is 1. The van der Waals surface area contributed by atoms with E-state index in [1.165, 1.54) is 17.5 Å². The van der Waals surface area contributed by atoms with Gasteiger partial charge in [0.15, 0.2) is 0 Å². The van der Waals surface area contributed by atoms with Gasteiger partial charge < -0.3 is 10.1 Å². The molecule has 1 aromatic carbocycles. The van der Waals surface area contributed by atoms with Crippen LogP contribution in [-0.4, -0.2) is 16.5 Å². The molecule has 100 valence electrons. The van der Waals surface area contributed by atoms with Gasteiger partial charge in [-0.05, 0) is 51.0 Å². The number of hydrogen-bond acceptors (Lipinski definition) is 4. The van der Waals surface area contributed by atoms with Crippen LogP contribution in [0.1, 0.15) is 23.6 Å². The molecule has 1 N–H and O–H groups in total. The molecular weight excluding hydrogens is 238 g/mol. The van der Waals surface area contributed by atoms with Crippen molar-refractivity contribution in [3.05, 3.63) is 41.2 Å². The number of aromatic nitrogens is 2. The lowest BCUT2D eigenvalue weighted by Crippen LogP contribution is -2.03. The summed E-state index contributed by atoms with van der Waals surface area (Å²) in [7, 11) is 0. The summed E-state index contributed by atoms with van der Waals surface area (Å²) in [5.41, 5.74) is 3.37. The maximum atomic E-state index is 5.84. The third-order valence-corrected chi connectivity index (χ3v) is 3.07. The molecule has 0 radical (unpaired) electrons.